The van der Waals surface area contributed by atoms with Crippen LogP contribution in [-0.2, 0) is 0 Å². The number of aromatic amines is 2. The summed E-state index contributed by atoms with van der Waals surface area (Å²) in [5.74, 6) is -0.587. The van der Waals surface area contributed by atoms with Gasteiger partial charge in [0.05, 0.1) is 6.20 Å². The second-order valence-electron chi connectivity index (χ2n) is 4.94. The molecule has 1 amide bonds. The molecule has 0 atom stereocenters. The Labute approximate surface area is 129 Å². The molecule has 0 saturated heterocycles. The molecule has 0 aliphatic carbocycles. The van der Waals surface area contributed by atoms with Gasteiger partial charge < -0.3 is 10.7 Å². The largest absolute Gasteiger partial charge is 0.364 e. The van der Waals surface area contributed by atoms with Crippen LogP contribution in [-0.4, -0.2) is 26.1 Å². The Morgan fingerprint density at radius 3 is 2.86 bits per heavy atom. The molecule has 0 bridgehead atoms. The molecule has 0 saturated carbocycles. The van der Waals surface area contributed by atoms with E-state index in [1.165, 1.54) is 0 Å². The first-order chi connectivity index (χ1) is 10.6. The zero-order valence-electron chi connectivity index (χ0n) is 11.2. The lowest BCUT2D eigenvalue weighted by Crippen LogP contribution is -2.13. The van der Waals surface area contributed by atoms with E-state index in [-0.39, 0.29) is 5.69 Å². The lowest BCUT2D eigenvalue weighted by Gasteiger charge is -2.04. The molecule has 4 N–H and O–H groups in total. The van der Waals surface area contributed by atoms with E-state index in [0.717, 1.165) is 27.4 Å². The third-order valence-electron chi connectivity index (χ3n) is 3.61. The Morgan fingerprint density at radius 2 is 2.05 bits per heavy atom. The van der Waals surface area contributed by atoms with E-state index in [4.69, 9.17) is 17.3 Å². The number of benzene rings is 1. The van der Waals surface area contributed by atoms with E-state index in [2.05, 4.69) is 20.2 Å². The summed E-state index contributed by atoms with van der Waals surface area (Å²) in [5, 5.41) is 9.17. The van der Waals surface area contributed by atoms with Gasteiger partial charge in [0, 0.05) is 33.1 Å². The Morgan fingerprint density at radius 1 is 1.18 bits per heavy atom. The van der Waals surface area contributed by atoms with Crippen molar-refractivity contribution in [3.8, 4) is 11.1 Å². The van der Waals surface area contributed by atoms with E-state index >= 15 is 0 Å². The lowest BCUT2D eigenvalue weighted by atomic mass is 10.0. The number of rotatable bonds is 2. The molecular weight excluding hydrogens is 302 g/mol. The molecule has 108 valence electrons. The number of nitrogens with two attached hydrogens (primary N) is 1. The van der Waals surface area contributed by atoms with Crippen LogP contribution in [0.1, 0.15) is 10.5 Å². The van der Waals surface area contributed by atoms with Gasteiger partial charge >= 0.3 is 0 Å². The molecule has 0 unspecified atom stereocenters. The zero-order valence-corrected chi connectivity index (χ0v) is 12.0. The van der Waals surface area contributed by atoms with Gasteiger partial charge in [-0.25, -0.2) is 4.98 Å². The fraction of sp³-hybridized carbons (Fsp3) is 0. The van der Waals surface area contributed by atoms with Crippen LogP contribution < -0.4 is 5.73 Å². The minimum Gasteiger partial charge on any atom is -0.364 e. The molecule has 4 rings (SSSR count). The van der Waals surface area contributed by atoms with Crippen LogP contribution in [0.2, 0.25) is 5.02 Å². The minimum atomic E-state index is -0.587. The third kappa shape index (κ3) is 1.85. The third-order valence-corrected chi connectivity index (χ3v) is 3.84. The molecule has 0 aliphatic rings. The quantitative estimate of drug-likeness (QED) is 0.530. The van der Waals surface area contributed by atoms with Crippen LogP contribution in [0.15, 0.2) is 36.7 Å². The second-order valence-corrected chi connectivity index (χ2v) is 5.38. The van der Waals surface area contributed by atoms with Crippen molar-refractivity contribution in [1.82, 2.24) is 20.2 Å². The number of nitrogens with one attached hydrogen (secondary N) is 2. The molecule has 4 aromatic rings. The van der Waals surface area contributed by atoms with Gasteiger partial charge in [0.2, 0.25) is 0 Å². The van der Waals surface area contributed by atoms with Crippen molar-refractivity contribution in [2.24, 2.45) is 5.73 Å². The van der Waals surface area contributed by atoms with E-state index < -0.39 is 5.91 Å². The van der Waals surface area contributed by atoms with Crippen molar-refractivity contribution in [2.45, 2.75) is 0 Å². The number of nitrogens with zero attached hydrogens (tertiary/aromatic N) is 2. The summed E-state index contributed by atoms with van der Waals surface area (Å²) in [6.07, 6.45) is 3.54. The van der Waals surface area contributed by atoms with Crippen molar-refractivity contribution in [3.63, 3.8) is 0 Å². The first-order valence-electron chi connectivity index (χ1n) is 6.54. The van der Waals surface area contributed by atoms with Crippen LogP contribution >= 0.6 is 11.6 Å². The van der Waals surface area contributed by atoms with Crippen molar-refractivity contribution >= 4 is 39.4 Å². The summed E-state index contributed by atoms with van der Waals surface area (Å²) in [4.78, 5) is 18.9. The highest BCUT2D eigenvalue weighted by molar-refractivity contribution is 6.31. The van der Waals surface area contributed by atoms with E-state index in [1.807, 2.05) is 24.4 Å². The summed E-state index contributed by atoms with van der Waals surface area (Å²) < 4.78 is 0. The standard InChI is InChI=1S/C15H10ClN5O/c16-7-1-2-12-9(3-7)10(5-18-12)8-4-13(14(17)22)20-15-11(8)6-19-21-15/h1-6,18H,(H2,17,22)(H,19,20,21). The highest BCUT2D eigenvalue weighted by Gasteiger charge is 2.15. The number of aromatic nitrogens is 4. The number of halogens is 1. The van der Waals surface area contributed by atoms with Gasteiger partial charge in [-0.1, -0.05) is 11.6 Å². The molecule has 0 aliphatic heterocycles. The van der Waals surface area contributed by atoms with Gasteiger partial charge in [0.1, 0.15) is 5.69 Å². The molecule has 22 heavy (non-hydrogen) atoms. The van der Waals surface area contributed by atoms with Crippen LogP contribution in [0.4, 0.5) is 0 Å². The average molecular weight is 312 g/mol. The second kappa shape index (κ2) is 4.57. The predicted molar refractivity (Wildman–Crippen MR) is 84.7 cm³/mol. The Bertz CT molecular complexity index is 1030. The number of pyridine rings is 1. The van der Waals surface area contributed by atoms with Gasteiger partial charge in [-0.15, -0.1) is 0 Å². The molecular formula is C15H10ClN5O. The van der Waals surface area contributed by atoms with Gasteiger partial charge in [0.15, 0.2) is 5.65 Å². The van der Waals surface area contributed by atoms with Crippen molar-refractivity contribution in [1.29, 1.82) is 0 Å². The first-order valence-corrected chi connectivity index (χ1v) is 6.92. The maximum atomic E-state index is 11.5. The number of carbonyl (C=O) groups is 1. The zero-order chi connectivity index (χ0) is 15.3. The highest BCUT2D eigenvalue weighted by atomic mass is 35.5. The first kappa shape index (κ1) is 12.8. The maximum Gasteiger partial charge on any atom is 0.267 e. The summed E-state index contributed by atoms with van der Waals surface area (Å²) in [6.45, 7) is 0. The Hall–Kier alpha value is -2.86. The maximum absolute atomic E-state index is 11.5. The number of H-pyrrole nitrogens is 2. The van der Waals surface area contributed by atoms with Crippen LogP contribution in [0, 0.1) is 0 Å². The van der Waals surface area contributed by atoms with Crippen LogP contribution in [0.5, 0.6) is 0 Å². The molecule has 0 radical (unpaired) electrons. The van der Waals surface area contributed by atoms with Crippen molar-refractivity contribution < 1.29 is 4.79 Å². The fourth-order valence-corrected chi connectivity index (χ4v) is 2.77. The number of amides is 1. The summed E-state index contributed by atoms with van der Waals surface area (Å²) in [6, 6.07) is 7.27. The van der Waals surface area contributed by atoms with Crippen LogP contribution in [0.25, 0.3) is 33.1 Å². The topological polar surface area (TPSA) is 100 Å². The monoisotopic (exact) mass is 311 g/mol. The summed E-state index contributed by atoms with van der Waals surface area (Å²) in [5.41, 5.74) is 8.75. The molecule has 3 aromatic heterocycles. The summed E-state index contributed by atoms with van der Waals surface area (Å²) in [7, 11) is 0. The number of primary amides is 1. The number of carbonyl (C=O) groups excluding carboxylic acids is 1. The molecule has 0 fully saturated rings. The van der Waals surface area contributed by atoms with Gasteiger partial charge in [-0.2, -0.15) is 5.10 Å². The predicted octanol–water partition coefficient (Wildman–Crippen LogP) is 2.86. The molecule has 7 heteroatoms. The normalized spacial score (nSPS) is 11.3. The number of hydrogen-bond donors (Lipinski definition) is 3. The van der Waals surface area contributed by atoms with Crippen LogP contribution in [0.3, 0.4) is 0 Å². The minimum absolute atomic E-state index is 0.183. The van der Waals surface area contributed by atoms with E-state index in [0.29, 0.717) is 10.7 Å². The lowest BCUT2D eigenvalue weighted by molar-refractivity contribution is 0.0996. The fourth-order valence-electron chi connectivity index (χ4n) is 2.59. The van der Waals surface area contributed by atoms with Gasteiger partial charge in [0.25, 0.3) is 5.91 Å². The highest BCUT2D eigenvalue weighted by Crippen LogP contribution is 2.34. The van der Waals surface area contributed by atoms with Gasteiger partial charge in [-0.05, 0) is 29.8 Å². The average Bonchev–Trinajstić information content (AvgIpc) is 3.11. The number of hydrogen-bond acceptors (Lipinski definition) is 3. The SMILES string of the molecule is NC(=O)c1cc(-c2c[nH]c3ccc(Cl)cc23)c2cn[nH]c2n1. The molecule has 3 heterocycles. The Balaban J connectivity index is 2.09. The molecule has 0 spiro atoms. The van der Waals surface area contributed by atoms with Crippen molar-refractivity contribution in [3.05, 3.63) is 47.4 Å². The van der Waals surface area contributed by atoms with E-state index in [9.17, 15) is 4.79 Å². The van der Waals surface area contributed by atoms with E-state index in [1.54, 1.807) is 12.3 Å². The summed E-state index contributed by atoms with van der Waals surface area (Å²) >= 11 is 6.10. The molecule has 6 nitrogen and oxygen atoms in total. The van der Waals surface area contributed by atoms with Crippen molar-refractivity contribution in [2.75, 3.05) is 0 Å². The smallest absolute Gasteiger partial charge is 0.267 e. The molecule has 1 aromatic carbocycles. The number of fused-ring (bicyclic) bond motifs is 2. The Kier molecular flexibility index (Phi) is 2.67. The van der Waals surface area contributed by atoms with Gasteiger partial charge in [-0.3, -0.25) is 9.89 Å².